The maximum atomic E-state index is 10.6. The van der Waals surface area contributed by atoms with Gasteiger partial charge in [0.25, 0.3) is 0 Å². The first kappa shape index (κ1) is 8.87. The van der Waals surface area contributed by atoms with E-state index in [-0.39, 0.29) is 5.91 Å². The van der Waals surface area contributed by atoms with E-state index in [0.29, 0.717) is 6.04 Å². The molecule has 0 aromatic rings. The van der Waals surface area contributed by atoms with E-state index in [1.807, 2.05) is 0 Å². The Morgan fingerprint density at radius 2 is 2.55 bits per heavy atom. The smallest absolute Gasteiger partial charge is 0.217 e. The van der Waals surface area contributed by atoms with Crippen molar-refractivity contribution in [2.75, 3.05) is 19.0 Å². The van der Waals surface area contributed by atoms with Gasteiger partial charge in [0.05, 0.1) is 0 Å². The molecule has 1 saturated heterocycles. The standard InChI is InChI=1S/C7H14N2OS/c1-6(10)8-7-2-3-9(4-7)5-11/h7,11H,2-5H2,1H3,(H,8,10). The molecule has 1 N–H and O–H groups in total. The van der Waals surface area contributed by atoms with Crippen molar-refractivity contribution in [3.05, 3.63) is 0 Å². The summed E-state index contributed by atoms with van der Waals surface area (Å²) in [7, 11) is 0. The summed E-state index contributed by atoms with van der Waals surface area (Å²) in [4.78, 5) is 12.9. The van der Waals surface area contributed by atoms with Gasteiger partial charge in [0.15, 0.2) is 0 Å². The molecule has 3 nitrogen and oxygen atoms in total. The highest BCUT2D eigenvalue weighted by Crippen LogP contribution is 2.08. The molecule has 0 aromatic heterocycles. The number of nitrogens with zero attached hydrogens (tertiary/aromatic N) is 1. The van der Waals surface area contributed by atoms with E-state index in [0.717, 1.165) is 25.4 Å². The second-order valence-electron chi connectivity index (χ2n) is 2.90. The monoisotopic (exact) mass is 174 g/mol. The van der Waals surface area contributed by atoms with Gasteiger partial charge >= 0.3 is 0 Å². The van der Waals surface area contributed by atoms with Gasteiger partial charge in [-0.2, -0.15) is 12.6 Å². The summed E-state index contributed by atoms with van der Waals surface area (Å²) in [6.45, 7) is 3.56. The Hall–Kier alpha value is -0.220. The van der Waals surface area contributed by atoms with E-state index < -0.39 is 0 Å². The van der Waals surface area contributed by atoms with Gasteiger partial charge in [-0.3, -0.25) is 9.69 Å². The number of carbonyl (C=O) groups is 1. The minimum absolute atomic E-state index is 0.0658. The van der Waals surface area contributed by atoms with E-state index in [1.54, 1.807) is 6.92 Å². The Morgan fingerprint density at radius 3 is 3.00 bits per heavy atom. The van der Waals surface area contributed by atoms with Crippen molar-refractivity contribution in [3.63, 3.8) is 0 Å². The normalized spacial score (nSPS) is 25.5. The van der Waals surface area contributed by atoms with Crippen LogP contribution < -0.4 is 5.32 Å². The van der Waals surface area contributed by atoms with Crippen molar-refractivity contribution in [2.45, 2.75) is 19.4 Å². The minimum Gasteiger partial charge on any atom is -0.352 e. The molecular formula is C7H14N2OS. The van der Waals surface area contributed by atoms with E-state index in [2.05, 4.69) is 22.8 Å². The zero-order chi connectivity index (χ0) is 8.27. The number of likely N-dealkylation sites (tertiary alicyclic amines) is 1. The van der Waals surface area contributed by atoms with Gasteiger partial charge in [-0.15, -0.1) is 0 Å². The summed E-state index contributed by atoms with van der Waals surface area (Å²) >= 11 is 4.16. The maximum absolute atomic E-state index is 10.6. The molecule has 1 fully saturated rings. The zero-order valence-corrected chi connectivity index (χ0v) is 7.60. The molecular weight excluding hydrogens is 160 g/mol. The number of hydrogen-bond acceptors (Lipinski definition) is 3. The van der Waals surface area contributed by atoms with Gasteiger partial charge in [0.1, 0.15) is 0 Å². The third-order valence-corrected chi connectivity index (χ3v) is 2.28. The van der Waals surface area contributed by atoms with E-state index in [9.17, 15) is 4.79 Å². The summed E-state index contributed by atoms with van der Waals surface area (Å²) in [5, 5.41) is 2.89. The minimum atomic E-state index is 0.0658. The average Bonchev–Trinajstić information content (AvgIpc) is 2.34. The van der Waals surface area contributed by atoms with Crippen LogP contribution in [0.2, 0.25) is 0 Å². The van der Waals surface area contributed by atoms with E-state index in [4.69, 9.17) is 0 Å². The molecule has 0 radical (unpaired) electrons. The first-order chi connectivity index (χ1) is 5.22. The molecule has 64 valence electrons. The molecule has 1 unspecified atom stereocenters. The van der Waals surface area contributed by atoms with Gasteiger partial charge in [0, 0.05) is 31.9 Å². The Balaban J connectivity index is 2.24. The second kappa shape index (κ2) is 3.97. The van der Waals surface area contributed by atoms with Crippen LogP contribution in [-0.4, -0.2) is 35.8 Å². The van der Waals surface area contributed by atoms with Crippen molar-refractivity contribution < 1.29 is 4.79 Å². The maximum Gasteiger partial charge on any atom is 0.217 e. The van der Waals surface area contributed by atoms with Crippen LogP contribution >= 0.6 is 12.6 Å². The van der Waals surface area contributed by atoms with Crippen LogP contribution in [0.1, 0.15) is 13.3 Å². The number of thiol groups is 1. The molecule has 1 amide bonds. The van der Waals surface area contributed by atoms with Crippen molar-refractivity contribution in [3.8, 4) is 0 Å². The zero-order valence-electron chi connectivity index (χ0n) is 6.71. The summed E-state index contributed by atoms with van der Waals surface area (Å²) in [5.41, 5.74) is 0. The predicted molar refractivity (Wildman–Crippen MR) is 47.6 cm³/mol. The van der Waals surface area contributed by atoms with Gasteiger partial charge in [0.2, 0.25) is 5.91 Å². The molecule has 1 aliphatic heterocycles. The lowest BCUT2D eigenvalue weighted by atomic mass is 10.3. The molecule has 1 aliphatic rings. The van der Waals surface area contributed by atoms with Crippen LogP contribution in [0.4, 0.5) is 0 Å². The van der Waals surface area contributed by atoms with E-state index in [1.165, 1.54) is 0 Å². The van der Waals surface area contributed by atoms with Crippen LogP contribution in [0, 0.1) is 0 Å². The largest absolute Gasteiger partial charge is 0.352 e. The fraction of sp³-hybridized carbons (Fsp3) is 0.857. The molecule has 0 aromatic carbocycles. The summed E-state index contributed by atoms with van der Waals surface area (Å²) in [6, 6.07) is 0.347. The molecule has 11 heavy (non-hydrogen) atoms. The van der Waals surface area contributed by atoms with Crippen LogP contribution in [0.15, 0.2) is 0 Å². The Kier molecular flexibility index (Phi) is 3.20. The molecule has 1 rings (SSSR count). The molecule has 0 saturated carbocycles. The summed E-state index contributed by atoms with van der Waals surface area (Å²) < 4.78 is 0. The van der Waals surface area contributed by atoms with Gasteiger partial charge < -0.3 is 5.32 Å². The van der Waals surface area contributed by atoms with Crippen LogP contribution in [0.3, 0.4) is 0 Å². The van der Waals surface area contributed by atoms with Gasteiger partial charge in [-0.1, -0.05) is 0 Å². The first-order valence-electron chi connectivity index (χ1n) is 3.82. The van der Waals surface area contributed by atoms with Crippen molar-refractivity contribution in [1.29, 1.82) is 0 Å². The Bertz CT molecular complexity index is 151. The van der Waals surface area contributed by atoms with Crippen LogP contribution in [0.5, 0.6) is 0 Å². The Morgan fingerprint density at radius 1 is 1.82 bits per heavy atom. The van der Waals surface area contributed by atoms with Crippen molar-refractivity contribution in [1.82, 2.24) is 10.2 Å². The SMILES string of the molecule is CC(=O)NC1CCN(CS)C1. The van der Waals surface area contributed by atoms with Crippen LogP contribution in [-0.2, 0) is 4.79 Å². The lowest BCUT2D eigenvalue weighted by Gasteiger charge is -2.12. The lowest BCUT2D eigenvalue weighted by molar-refractivity contribution is -0.119. The summed E-state index contributed by atoms with van der Waals surface area (Å²) in [6.07, 6.45) is 1.06. The number of rotatable bonds is 2. The number of carbonyl (C=O) groups excluding carboxylic acids is 1. The number of nitrogens with one attached hydrogen (secondary N) is 1. The lowest BCUT2D eigenvalue weighted by Crippen LogP contribution is -2.35. The first-order valence-corrected chi connectivity index (χ1v) is 4.46. The van der Waals surface area contributed by atoms with E-state index >= 15 is 0 Å². The summed E-state index contributed by atoms with van der Waals surface area (Å²) in [5.74, 6) is 0.854. The molecule has 0 aliphatic carbocycles. The molecule has 1 atom stereocenters. The Labute approximate surface area is 72.5 Å². The topological polar surface area (TPSA) is 32.3 Å². The third-order valence-electron chi connectivity index (χ3n) is 1.88. The molecule has 0 spiro atoms. The highest BCUT2D eigenvalue weighted by molar-refractivity contribution is 7.80. The fourth-order valence-electron chi connectivity index (χ4n) is 1.37. The molecule has 4 heteroatoms. The number of hydrogen-bond donors (Lipinski definition) is 2. The predicted octanol–water partition coefficient (Wildman–Crippen LogP) is 0.0841. The quantitative estimate of drug-likeness (QED) is 0.581. The third kappa shape index (κ3) is 2.71. The van der Waals surface area contributed by atoms with Crippen molar-refractivity contribution in [2.24, 2.45) is 0 Å². The van der Waals surface area contributed by atoms with Crippen molar-refractivity contribution >= 4 is 18.5 Å². The highest BCUT2D eigenvalue weighted by Gasteiger charge is 2.21. The molecule has 0 bridgehead atoms. The molecule has 1 heterocycles. The van der Waals surface area contributed by atoms with Gasteiger partial charge in [-0.25, -0.2) is 0 Å². The highest BCUT2D eigenvalue weighted by atomic mass is 32.1. The van der Waals surface area contributed by atoms with Crippen LogP contribution in [0.25, 0.3) is 0 Å². The second-order valence-corrected chi connectivity index (χ2v) is 3.19. The average molecular weight is 174 g/mol. The van der Waals surface area contributed by atoms with Gasteiger partial charge in [-0.05, 0) is 6.42 Å². The number of amides is 1. The fourth-order valence-corrected chi connectivity index (χ4v) is 1.62.